The van der Waals surface area contributed by atoms with Crippen LogP contribution in [0.25, 0.3) is 0 Å². The minimum atomic E-state index is -0.377. The Morgan fingerprint density at radius 3 is 1.61 bits per heavy atom. The predicted octanol–water partition coefficient (Wildman–Crippen LogP) is 2.95. The third-order valence-electron chi connectivity index (χ3n) is 2.79. The first kappa shape index (κ1) is 12.2. The van der Waals surface area contributed by atoms with Gasteiger partial charge in [0.1, 0.15) is 11.5 Å². The van der Waals surface area contributed by atoms with Crippen molar-refractivity contribution >= 4 is 5.78 Å². The Morgan fingerprint density at radius 2 is 1.22 bits per heavy atom. The molecule has 2 aromatic rings. The van der Waals surface area contributed by atoms with E-state index in [2.05, 4.69) is 0 Å². The SMILES string of the molecule is Cc1ccc(O)c(C(=O)c2cc(C)ccc2O)c1. The van der Waals surface area contributed by atoms with E-state index < -0.39 is 0 Å². The molecule has 92 valence electrons. The number of ketones is 1. The van der Waals surface area contributed by atoms with E-state index in [0.29, 0.717) is 0 Å². The second kappa shape index (κ2) is 4.53. The van der Waals surface area contributed by atoms with Crippen LogP contribution in [0.2, 0.25) is 0 Å². The molecule has 0 fully saturated rings. The number of phenolic OH excluding ortho intramolecular Hbond substituents is 2. The van der Waals surface area contributed by atoms with Gasteiger partial charge >= 0.3 is 0 Å². The Hall–Kier alpha value is -2.29. The summed E-state index contributed by atoms with van der Waals surface area (Å²) in [5, 5.41) is 19.4. The van der Waals surface area contributed by atoms with Crippen LogP contribution in [0.5, 0.6) is 11.5 Å². The van der Waals surface area contributed by atoms with Gasteiger partial charge in [0.25, 0.3) is 0 Å². The molecule has 0 spiro atoms. The van der Waals surface area contributed by atoms with Gasteiger partial charge in [0.05, 0.1) is 11.1 Å². The average Bonchev–Trinajstić information content (AvgIpc) is 2.34. The minimum absolute atomic E-state index is 0.0773. The van der Waals surface area contributed by atoms with E-state index >= 15 is 0 Å². The van der Waals surface area contributed by atoms with Crippen LogP contribution in [-0.2, 0) is 0 Å². The molecule has 0 radical (unpaired) electrons. The van der Waals surface area contributed by atoms with Gasteiger partial charge in [0.15, 0.2) is 5.78 Å². The van der Waals surface area contributed by atoms with E-state index in [1.165, 1.54) is 12.1 Å². The van der Waals surface area contributed by atoms with Crippen LogP contribution in [-0.4, -0.2) is 16.0 Å². The van der Waals surface area contributed by atoms with Crippen molar-refractivity contribution in [3.63, 3.8) is 0 Å². The monoisotopic (exact) mass is 242 g/mol. The fourth-order valence-electron chi connectivity index (χ4n) is 1.81. The van der Waals surface area contributed by atoms with Crippen LogP contribution in [0.4, 0.5) is 0 Å². The molecule has 0 aliphatic carbocycles. The number of phenols is 2. The molecule has 2 N–H and O–H groups in total. The molecule has 3 nitrogen and oxygen atoms in total. The topological polar surface area (TPSA) is 57.5 Å². The van der Waals surface area contributed by atoms with E-state index in [9.17, 15) is 15.0 Å². The van der Waals surface area contributed by atoms with Crippen molar-refractivity contribution in [3.8, 4) is 11.5 Å². The number of hydrogen-bond acceptors (Lipinski definition) is 3. The summed E-state index contributed by atoms with van der Waals surface area (Å²) in [6, 6.07) is 9.63. The van der Waals surface area contributed by atoms with Crippen LogP contribution in [0.15, 0.2) is 36.4 Å². The highest BCUT2D eigenvalue weighted by atomic mass is 16.3. The summed E-state index contributed by atoms with van der Waals surface area (Å²) in [7, 11) is 0. The molecule has 2 aromatic carbocycles. The maximum Gasteiger partial charge on any atom is 0.200 e. The largest absolute Gasteiger partial charge is 0.507 e. The second-order valence-electron chi connectivity index (χ2n) is 4.37. The van der Waals surface area contributed by atoms with Gasteiger partial charge in [-0.3, -0.25) is 4.79 Å². The third kappa shape index (κ3) is 2.20. The van der Waals surface area contributed by atoms with Gasteiger partial charge in [-0.15, -0.1) is 0 Å². The summed E-state index contributed by atoms with van der Waals surface area (Å²) < 4.78 is 0. The second-order valence-corrected chi connectivity index (χ2v) is 4.37. The van der Waals surface area contributed by atoms with Crippen molar-refractivity contribution in [3.05, 3.63) is 58.7 Å². The highest BCUT2D eigenvalue weighted by Gasteiger charge is 2.17. The van der Waals surface area contributed by atoms with Gasteiger partial charge in [-0.2, -0.15) is 0 Å². The molecule has 0 aromatic heterocycles. The summed E-state index contributed by atoms with van der Waals surface area (Å²) >= 11 is 0. The third-order valence-corrected chi connectivity index (χ3v) is 2.79. The smallest absolute Gasteiger partial charge is 0.200 e. The summed E-state index contributed by atoms with van der Waals surface area (Å²) in [5.74, 6) is -0.532. The van der Waals surface area contributed by atoms with Gasteiger partial charge in [0.2, 0.25) is 0 Å². The number of rotatable bonds is 2. The quantitative estimate of drug-likeness (QED) is 0.796. The van der Waals surface area contributed by atoms with Gasteiger partial charge in [0, 0.05) is 0 Å². The van der Waals surface area contributed by atoms with E-state index in [-0.39, 0.29) is 28.4 Å². The first-order valence-electron chi connectivity index (χ1n) is 5.63. The molecular weight excluding hydrogens is 228 g/mol. The lowest BCUT2D eigenvalue weighted by atomic mass is 9.98. The zero-order chi connectivity index (χ0) is 13.3. The lowest BCUT2D eigenvalue weighted by Gasteiger charge is -2.07. The van der Waals surface area contributed by atoms with Crippen LogP contribution in [0, 0.1) is 13.8 Å². The van der Waals surface area contributed by atoms with Crippen molar-refractivity contribution in [2.45, 2.75) is 13.8 Å². The van der Waals surface area contributed by atoms with Crippen LogP contribution in [0.1, 0.15) is 27.0 Å². The molecular formula is C15H14O3. The Labute approximate surface area is 105 Å². The van der Waals surface area contributed by atoms with Crippen molar-refractivity contribution in [2.24, 2.45) is 0 Å². The predicted molar refractivity (Wildman–Crippen MR) is 69.1 cm³/mol. The summed E-state index contributed by atoms with van der Waals surface area (Å²) in [4.78, 5) is 12.3. The van der Waals surface area contributed by atoms with Crippen molar-refractivity contribution in [2.75, 3.05) is 0 Å². The number of carbonyl (C=O) groups is 1. The molecule has 0 aliphatic rings. The molecule has 0 amide bonds. The number of aryl methyl sites for hydroxylation is 2. The van der Waals surface area contributed by atoms with Gasteiger partial charge < -0.3 is 10.2 Å². The molecule has 0 bridgehead atoms. The van der Waals surface area contributed by atoms with Crippen molar-refractivity contribution in [1.29, 1.82) is 0 Å². The van der Waals surface area contributed by atoms with E-state index in [0.717, 1.165) is 11.1 Å². The molecule has 0 saturated carbocycles. The Morgan fingerprint density at radius 1 is 0.833 bits per heavy atom. The molecule has 18 heavy (non-hydrogen) atoms. The van der Waals surface area contributed by atoms with Crippen LogP contribution >= 0.6 is 0 Å². The molecule has 3 heteroatoms. The van der Waals surface area contributed by atoms with Crippen molar-refractivity contribution in [1.82, 2.24) is 0 Å². The summed E-state index contributed by atoms with van der Waals surface area (Å²) in [6.45, 7) is 3.68. The molecule has 0 unspecified atom stereocenters. The highest BCUT2D eigenvalue weighted by molar-refractivity contribution is 6.12. The van der Waals surface area contributed by atoms with Gasteiger partial charge in [-0.05, 0) is 38.1 Å². The number of aromatic hydroxyl groups is 2. The molecule has 0 heterocycles. The fraction of sp³-hybridized carbons (Fsp3) is 0.133. The fourth-order valence-corrected chi connectivity index (χ4v) is 1.81. The lowest BCUT2D eigenvalue weighted by Crippen LogP contribution is -2.03. The average molecular weight is 242 g/mol. The molecule has 2 rings (SSSR count). The number of benzene rings is 2. The standard InChI is InChI=1S/C15H14O3/c1-9-3-5-13(16)11(7-9)15(18)12-8-10(2)4-6-14(12)17/h3-8,16-17H,1-2H3. The van der Waals surface area contributed by atoms with Gasteiger partial charge in [-0.1, -0.05) is 23.3 Å². The Kier molecular flexibility index (Phi) is 3.06. The summed E-state index contributed by atoms with van der Waals surface area (Å²) in [6.07, 6.45) is 0. The normalized spacial score (nSPS) is 10.3. The first-order valence-corrected chi connectivity index (χ1v) is 5.63. The maximum absolute atomic E-state index is 12.3. The van der Waals surface area contributed by atoms with E-state index in [1.54, 1.807) is 24.3 Å². The highest BCUT2D eigenvalue weighted by Crippen LogP contribution is 2.26. The zero-order valence-electron chi connectivity index (χ0n) is 10.3. The maximum atomic E-state index is 12.3. The van der Waals surface area contributed by atoms with E-state index in [4.69, 9.17) is 0 Å². The number of carbonyl (C=O) groups excluding carboxylic acids is 1. The minimum Gasteiger partial charge on any atom is -0.507 e. The zero-order valence-corrected chi connectivity index (χ0v) is 10.3. The van der Waals surface area contributed by atoms with Gasteiger partial charge in [-0.25, -0.2) is 0 Å². The molecule has 0 saturated heterocycles. The van der Waals surface area contributed by atoms with Crippen LogP contribution in [0.3, 0.4) is 0 Å². The first-order chi connectivity index (χ1) is 8.49. The van der Waals surface area contributed by atoms with E-state index in [1.807, 2.05) is 13.8 Å². The Balaban J connectivity index is 2.54. The molecule has 0 atom stereocenters. The lowest BCUT2D eigenvalue weighted by molar-refractivity contribution is 0.103. The van der Waals surface area contributed by atoms with Crippen LogP contribution < -0.4 is 0 Å². The Bertz CT molecular complexity index is 562. The summed E-state index contributed by atoms with van der Waals surface area (Å²) in [5.41, 5.74) is 2.17. The molecule has 0 aliphatic heterocycles. The number of hydrogen-bond donors (Lipinski definition) is 2. The van der Waals surface area contributed by atoms with Crippen molar-refractivity contribution < 1.29 is 15.0 Å².